The van der Waals surface area contributed by atoms with Gasteiger partial charge in [-0.1, -0.05) is 13.3 Å². The number of unbranched alkanes of at least 4 members (excludes halogenated alkanes) is 1. The van der Waals surface area contributed by atoms with Crippen LogP contribution in [0.2, 0.25) is 0 Å². The van der Waals surface area contributed by atoms with Crippen LogP contribution >= 0.6 is 15.9 Å². The van der Waals surface area contributed by atoms with Crippen molar-refractivity contribution in [2.75, 3.05) is 37.7 Å². The van der Waals surface area contributed by atoms with Crippen molar-refractivity contribution in [2.24, 2.45) is 0 Å². The number of amides is 1. The van der Waals surface area contributed by atoms with Crippen LogP contribution in [0.5, 0.6) is 5.75 Å². The highest BCUT2D eigenvalue weighted by molar-refractivity contribution is 9.10. The van der Waals surface area contributed by atoms with E-state index in [0.717, 1.165) is 36.2 Å². The fourth-order valence-electron chi connectivity index (χ4n) is 2.79. The molecule has 3 rings (SSSR count). The van der Waals surface area contributed by atoms with Crippen molar-refractivity contribution in [3.63, 3.8) is 0 Å². The highest BCUT2D eigenvalue weighted by Crippen LogP contribution is 2.17. The largest absolute Gasteiger partial charge is 0.494 e. The van der Waals surface area contributed by atoms with E-state index in [2.05, 4.69) is 37.7 Å². The normalized spacial score (nSPS) is 14.4. The predicted octanol–water partition coefficient (Wildman–Crippen LogP) is 3.38. The summed E-state index contributed by atoms with van der Waals surface area (Å²) in [4.78, 5) is 25.3. The van der Waals surface area contributed by atoms with Gasteiger partial charge in [0.15, 0.2) is 0 Å². The zero-order valence-electron chi connectivity index (χ0n) is 14.9. The van der Waals surface area contributed by atoms with Gasteiger partial charge in [-0.25, -0.2) is 9.97 Å². The molecule has 6 nitrogen and oxygen atoms in total. The fraction of sp³-hybridized carbons (Fsp3) is 0.421. The fourth-order valence-corrected chi connectivity index (χ4v) is 2.99. The molecule has 0 N–H and O–H groups in total. The van der Waals surface area contributed by atoms with Crippen LogP contribution in [0.15, 0.2) is 41.1 Å². The number of hydrogen-bond donors (Lipinski definition) is 0. The first-order valence-electron chi connectivity index (χ1n) is 8.92. The van der Waals surface area contributed by atoms with Gasteiger partial charge in [-0.05, 0) is 46.6 Å². The second-order valence-electron chi connectivity index (χ2n) is 6.21. The Kier molecular flexibility index (Phi) is 6.44. The second kappa shape index (κ2) is 8.98. The summed E-state index contributed by atoms with van der Waals surface area (Å²) in [6.45, 7) is 5.62. The number of anilines is 1. The molecule has 1 aromatic heterocycles. The number of ether oxygens (including phenoxy) is 1. The minimum Gasteiger partial charge on any atom is -0.494 e. The molecule has 0 atom stereocenters. The van der Waals surface area contributed by atoms with E-state index < -0.39 is 0 Å². The van der Waals surface area contributed by atoms with Crippen molar-refractivity contribution in [1.82, 2.24) is 14.9 Å². The molecule has 0 bridgehead atoms. The molecule has 138 valence electrons. The summed E-state index contributed by atoms with van der Waals surface area (Å²) in [7, 11) is 0. The molecule has 1 aliphatic heterocycles. The minimum atomic E-state index is 0.0569. The quantitative estimate of drug-likeness (QED) is 0.672. The number of piperazine rings is 1. The van der Waals surface area contributed by atoms with Crippen LogP contribution in [0.25, 0.3) is 0 Å². The smallest absolute Gasteiger partial charge is 0.253 e. The summed E-state index contributed by atoms with van der Waals surface area (Å²) in [5.74, 6) is 1.57. The van der Waals surface area contributed by atoms with Gasteiger partial charge in [0, 0.05) is 44.1 Å². The Morgan fingerprint density at radius 3 is 2.38 bits per heavy atom. The Morgan fingerprint density at radius 1 is 1.12 bits per heavy atom. The van der Waals surface area contributed by atoms with Gasteiger partial charge in [-0.15, -0.1) is 0 Å². The van der Waals surface area contributed by atoms with Crippen LogP contribution in [-0.4, -0.2) is 53.6 Å². The highest BCUT2D eigenvalue weighted by Gasteiger charge is 2.23. The Bertz CT molecular complexity index is 713. The third kappa shape index (κ3) is 4.72. The van der Waals surface area contributed by atoms with Gasteiger partial charge >= 0.3 is 0 Å². The molecule has 0 spiro atoms. The number of carbonyl (C=O) groups is 1. The molecule has 0 unspecified atom stereocenters. The van der Waals surface area contributed by atoms with Crippen molar-refractivity contribution in [3.8, 4) is 5.75 Å². The lowest BCUT2D eigenvalue weighted by Crippen LogP contribution is -2.49. The van der Waals surface area contributed by atoms with Crippen molar-refractivity contribution in [3.05, 3.63) is 46.7 Å². The maximum absolute atomic E-state index is 12.7. The Labute approximate surface area is 162 Å². The summed E-state index contributed by atoms with van der Waals surface area (Å²) in [6, 6.07) is 7.42. The number of rotatable bonds is 6. The van der Waals surface area contributed by atoms with Gasteiger partial charge < -0.3 is 14.5 Å². The van der Waals surface area contributed by atoms with Crippen LogP contribution in [0.3, 0.4) is 0 Å². The first-order chi connectivity index (χ1) is 12.7. The number of carbonyl (C=O) groups excluding carboxylic acids is 1. The van der Waals surface area contributed by atoms with Gasteiger partial charge in [-0.2, -0.15) is 0 Å². The molecule has 1 aromatic carbocycles. The van der Waals surface area contributed by atoms with Gasteiger partial charge in [-0.3, -0.25) is 4.79 Å². The monoisotopic (exact) mass is 418 g/mol. The molecule has 1 amide bonds. The zero-order valence-corrected chi connectivity index (χ0v) is 16.5. The van der Waals surface area contributed by atoms with Crippen LogP contribution < -0.4 is 9.64 Å². The van der Waals surface area contributed by atoms with Gasteiger partial charge in [0.05, 0.1) is 11.1 Å². The summed E-state index contributed by atoms with van der Waals surface area (Å²) in [5, 5.41) is 0. The van der Waals surface area contributed by atoms with Crippen molar-refractivity contribution in [2.45, 2.75) is 19.8 Å². The number of nitrogens with zero attached hydrogens (tertiary/aromatic N) is 4. The molecule has 2 aromatic rings. The molecule has 7 heteroatoms. The Balaban J connectivity index is 1.53. The molecule has 0 radical (unpaired) electrons. The maximum atomic E-state index is 12.7. The standard InChI is InChI=1S/C19H23BrN4O2/c1-2-3-12-26-17-6-4-15(5-7-17)18(25)23-8-10-24(11-9-23)19-21-13-16(20)14-22-19/h4-7,13-14H,2-3,8-12H2,1H3. The predicted molar refractivity (Wildman–Crippen MR) is 105 cm³/mol. The molecule has 0 aliphatic carbocycles. The first-order valence-corrected chi connectivity index (χ1v) is 9.71. The SMILES string of the molecule is CCCCOc1ccc(C(=O)N2CCN(c3ncc(Br)cn3)CC2)cc1. The number of hydrogen-bond acceptors (Lipinski definition) is 5. The van der Waals surface area contributed by atoms with E-state index in [4.69, 9.17) is 4.74 Å². The third-order valence-electron chi connectivity index (χ3n) is 4.32. The van der Waals surface area contributed by atoms with E-state index in [0.29, 0.717) is 31.2 Å². The van der Waals surface area contributed by atoms with Crippen LogP contribution in [-0.2, 0) is 0 Å². The van der Waals surface area contributed by atoms with E-state index in [1.165, 1.54) is 0 Å². The average molecular weight is 419 g/mol. The van der Waals surface area contributed by atoms with Gasteiger partial charge in [0.25, 0.3) is 5.91 Å². The number of halogens is 1. The lowest BCUT2D eigenvalue weighted by atomic mass is 10.1. The molecular formula is C19H23BrN4O2. The highest BCUT2D eigenvalue weighted by atomic mass is 79.9. The zero-order chi connectivity index (χ0) is 18.4. The van der Waals surface area contributed by atoms with Crippen LogP contribution in [0.1, 0.15) is 30.1 Å². The lowest BCUT2D eigenvalue weighted by Gasteiger charge is -2.34. The van der Waals surface area contributed by atoms with E-state index in [9.17, 15) is 4.79 Å². The van der Waals surface area contributed by atoms with Crippen molar-refractivity contribution < 1.29 is 9.53 Å². The number of aromatic nitrogens is 2. The molecule has 2 heterocycles. The van der Waals surface area contributed by atoms with Crippen LogP contribution in [0.4, 0.5) is 5.95 Å². The van der Waals surface area contributed by atoms with E-state index in [1.807, 2.05) is 29.2 Å². The summed E-state index contributed by atoms with van der Waals surface area (Å²) < 4.78 is 6.51. The van der Waals surface area contributed by atoms with Crippen LogP contribution in [0, 0.1) is 0 Å². The molecule has 1 fully saturated rings. The van der Waals surface area contributed by atoms with E-state index >= 15 is 0 Å². The van der Waals surface area contributed by atoms with Crippen molar-refractivity contribution >= 4 is 27.8 Å². The van der Waals surface area contributed by atoms with E-state index in [-0.39, 0.29) is 5.91 Å². The lowest BCUT2D eigenvalue weighted by molar-refractivity contribution is 0.0746. The molecule has 0 saturated carbocycles. The minimum absolute atomic E-state index is 0.0569. The topological polar surface area (TPSA) is 58.6 Å². The average Bonchev–Trinajstić information content (AvgIpc) is 2.69. The van der Waals surface area contributed by atoms with E-state index in [1.54, 1.807) is 12.4 Å². The van der Waals surface area contributed by atoms with Gasteiger partial charge in [0.2, 0.25) is 5.95 Å². The Morgan fingerprint density at radius 2 is 1.77 bits per heavy atom. The second-order valence-corrected chi connectivity index (χ2v) is 7.12. The molecular weight excluding hydrogens is 396 g/mol. The maximum Gasteiger partial charge on any atom is 0.253 e. The summed E-state index contributed by atoms with van der Waals surface area (Å²) in [6.07, 6.45) is 5.62. The van der Waals surface area contributed by atoms with Gasteiger partial charge in [0.1, 0.15) is 5.75 Å². The molecule has 1 saturated heterocycles. The number of benzene rings is 1. The summed E-state index contributed by atoms with van der Waals surface area (Å²) >= 11 is 3.34. The molecule has 26 heavy (non-hydrogen) atoms. The first kappa shape index (κ1) is 18.6. The third-order valence-corrected chi connectivity index (χ3v) is 4.73. The molecule has 1 aliphatic rings. The van der Waals surface area contributed by atoms with Crippen molar-refractivity contribution in [1.29, 1.82) is 0 Å². The Hall–Kier alpha value is -2.15. The summed E-state index contributed by atoms with van der Waals surface area (Å²) in [5.41, 5.74) is 0.696.